The topological polar surface area (TPSA) is 46.2 Å². The molecule has 0 saturated carbocycles. The molecule has 0 amide bonds. The number of sulfonamides is 1. The maximum Gasteiger partial charge on any atom is 0.229 e. The van der Waals surface area contributed by atoms with Crippen LogP contribution in [0.5, 0.6) is 0 Å². The van der Waals surface area contributed by atoms with Crippen molar-refractivity contribution in [1.82, 2.24) is 0 Å². The lowest BCUT2D eigenvalue weighted by Gasteiger charge is -2.10. The van der Waals surface area contributed by atoms with Crippen LogP contribution in [-0.4, -0.2) is 14.7 Å². The average Bonchev–Trinajstić information content (AvgIpc) is 2.15. The highest BCUT2D eigenvalue weighted by Gasteiger charge is 2.04. The van der Waals surface area contributed by atoms with Gasteiger partial charge in [0, 0.05) is 5.69 Å². The van der Waals surface area contributed by atoms with Crippen LogP contribution in [0.2, 0.25) is 0 Å². The third-order valence-corrected chi connectivity index (χ3v) is 3.00. The van der Waals surface area contributed by atoms with E-state index in [4.69, 9.17) is 0 Å². The van der Waals surface area contributed by atoms with Gasteiger partial charge in [0.05, 0.1) is 6.26 Å². The first kappa shape index (κ1) is 12.0. The van der Waals surface area contributed by atoms with Crippen molar-refractivity contribution in [2.45, 2.75) is 26.2 Å². The van der Waals surface area contributed by atoms with E-state index in [1.807, 2.05) is 12.1 Å². The summed E-state index contributed by atoms with van der Waals surface area (Å²) in [4.78, 5) is 0. The summed E-state index contributed by atoms with van der Waals surface area (Å²) in [6, 6.07) is 7.51. The summed E-state index contributed by atoms with van der Waals surface area (Å²) >= 11 is 0. The lowest BCUT2D eigenvalue weighted by atomic mass is 9.99. The van der Waals surface area contributed by atoms with Crippen molar-refractivity contribution < 1.29 is 8.42 Å². The van der Waals surface area contributed by atoms with E-state index in [1.54, 1.807) is 12.1 Å². The van der Waals surface area contributed by atoms with Crippen LogP contribution < -0.4 is 4.72 Å². The van der Waals surface area contributed by atoms with Gasteiger partial charge in [0.1, 0.15) is 0 Å². The standard InChI is InChI=1S/C11H17NO2S/c1-4-9(2)10-5-7-11(8-6-10)12-15(3,13)14/h5-9,12H,4H2,1-3H3/t9-/m0/s1. The SMILES string of the molecule is CC[C@H](C)c1ccc(NS(C)(=O)=O)cc1. The largest absolute Gasteiger partial charge is 0.284 e. The number of benzene rings is 1. The summed E-state index contributed by atoms with van der Waals surface area (Å²) in [5.41, 5.74) is 1.85. The fourth-order valence-electron chi connectivity index (χ4n) is 1.33. The normalized spacial score (nSPS) is 13.5. The zero-order valence-corrected chi connectivity index (χ0v) is 10.1. The fourth-order valence-corrected chi connectivity index (χ4v) is 1.89. The van der Waals surface area contributed by atoms with Crippen molar-refractivity contribution in [3.8, 4) is 0 Å². The van der Waals surface area contributed by atoms with E-state index in [0.29, 0.717) is 11.6 Å². The number of hydrogen-bond donors (Lipinski definition) is 1. The number of rotatable bonds is 4. The number of hydrogen-bond acceptors (Lipinski definition) is 2. The summed E-state index contributed by atoms with van der Waals surface area (Å²) in [7, 11) is -3.17. The van der Waals surface area contributed by atoms with E-state index in [9.17, 15) is 8.42 Å². The Kier molecular flexibility index (Phi) is 3.74. The number of anilines is 1. The van der Waals surface area contributed by atoms with Crippen molar-refractivity contribution in [3.05, 3.63) is 29.8 Å². The molecule has 84 valence electrons. The molecule has 0 radical (unpaired) electrons. The van der Waals surface area contributed by atoms with Gasteiger partial charge in [-0.25, -0.2) is 8.42 Å². The van der Waals surface area contributed by atoms with Crippen molar-refractivity contribution in [3.63, 3.8) is 0 Å². The first-order valence-electron chi connectivity index (χ1n) is 5.00. The molecule has 1 atom stereocenters. The van der Waals surface area contributed by atoms with Crippen LogP contribution in [0.25, 0.3) is 0 Å². The lowest BCUT2D eigenvalue weighted by molar-refractivity contribution is 0.607. The summed E-state index contributed by atoms with van der Waals surface area (Å²) < 4.78 is 24.4. The van der Waals surface area contributed by atoms with E-state index in [-0.39, 0.29) is 0 Å². The fraction of sp³-hybridized carbons (Fsp3) is 0.455. The quantitative estimate of drug-likeness (QED) is 0.859. The molecule has 1 aromatic rings. The zero-order chi connectivity index (χ0) is 11.5. The van der Waals surface area contributed by atoms with Gasteiger partial charge in [0.2, 0.25) is 10.0 Å². The minimum absolute atomic E-state index is 0.511. The van der Waals surface area contributed by atoms with Crippen LogP contribution in [0.1, 0.15) is 31.7 Å². The summed E-state index contributed by atoms with van der Waals surface area (Å²) in [6.07, 6.45) is 2.23. The average molecular weight is 227 g/mol. The molecule has 0 heterocycles. The summed E-state index contributed by atoms with van der Waals surface area (Å²) in [5, 5.41) is 0. The second-order valence-corrected chi connectivity index (χ2v) is 5.55. The first-order valence-corrected chi connectivity index (χ1v) is 6.89. The smallest absolute Gasteiger partial charge is 0.229 e. The Morgan fingerprint density at radius 1 is 1.27 bits per heavy atom. The molecular weight excluding hydrogens is 210 g/mol. The summed E-state index contributed by atoms with van der Waals surface area (Å²) in [6.45, 7) is 4.28. The van der Waals surface area contributed by atoms with Gasteiger partial charge in [0.15, 0.2) is 0 Å². The molecule has 4 heteroatoms. The van der Waals surface area contributed by atoms with E-state index >= 15 is 0 Å². The van der Waals surface area contributed by atoms with Crippen LogP contribution >= 0.6 is 0 Å². The highest BCUT2D eigenvalue weighted by atomic mass is 32.2. The highest BCUT2D eigenvalue weighted by Crippen LogP contribution is 2.20. The van der Waals surface area contributed by atoms with Gasteiger partial charge in [-0.3, -0.25) is 4.72 Å². The Bertz CT molecular complexity index is 409. The van der Waals surface area contributed by atoms with E-state index in [2.05, 4.69) is 18.6 Å². The Balaban J connectivity index is 2.81. The van der Waals surface area contributed by atoms with Crippen LogP contribution in [0.3, 0.4) is 0 Å². The predicted octanol–water partition coefficient (Wildman–Crippen LogP) is 2.57. The molecular formula is C11H17NO2S. The van der Waals surface area contributed by atoms with Crippen molar-refractivity contribution in [2.75, 3.05) is 11.0 Å². The van der Waals surface area contributed by atoms with E-state index < -0.39 is 10.0 Å². The van der Waals surface area contributed by atoms with E-state index in [0.717, 1.165) is 12.7 Å². The molecule has 15 heavy (non-hydrogen) atoms. The van der Waals surface area contributed by atoms with Gasteiger partial charge >= 0.3 is 0 Å². The molecule has 0 fully saturated rings. The Hall–Kier alpha value is -1.03. The molecule has 3 nitrogen and oxygen atoms in total. The van der Waals surface area contributed by atoms with Gasteiger partial charge in [-0.15, -0.1) is 0 Å². The van der Waals surface area contributed by atoms with Crippen LogP contribution in [-0.2, 0) is 10.0 Å². The van der Waals surface area contributed by atoms with Crippen LogP contribution in [0, 0.1) is 0 Å². The van der Waals surface area contributed by atoms with Crippen LogP contribution in [0.15, 0.2) is 24.3 Å². The van der Waals surface area contributed by atoms with Crippen molar-refractivity contribution >= 4 is 15.7 Å². The molecule has 1 aromatic carbocycles. The third-order valence-electron chi connectivity index (χ3n) is 2.40. The predicted molar refractivity (Wildman–Crippen MR) is 63.6 cm³/mol. The molecule has 0 aromatic heterocycles. The lowest BCUT2D eigenvalue weighted by Crippen LogP contribution is -2.09. The van der Waals surface area contributed by atoms with Gasteiger partial charge in [-0.2, -0.15) is 0 Å². The molecule has 0 spiro atoms. The van der Waals surface area contributed by atoms with Gasteiger partial charge in [-0.05, 0) is 30.0 Å². The molecule has 0 aliphatic carbocycles. The third kappa shape index (κ3) is 3.91. The second-order valence-electron chi connectivity index (χ2n) is 3.81. The Morgan fingerprint density at radius 2 is 1.80 bits per heavy atom. The zero-order valence-electron chi connectivity index (χ0n) is 9.32. The van der Waals surface area contributed by atoms with Gasteiger partial charge in [0.25, 0.3) is 0 Å². The second kappa shape index (κ2) is 4.66. The molecule has 0 unspecified atom stereocenters. The molecule has 0 aliphatic rings. The Labute approximate surface area is 91.6 Å². The maximum atomic E-state index is 11.0. The molecule has 1 N–H and O–H groups in total. The summed E-state index contributed by atoms with van der Waals surface area (Å²) in [5.74, 6) is 0.511. The van der Waals surface area contributed by atoms with Crippen molar-refractivity contribution in [2.24, 2.45) is 0 Å². The monoisotopic (exact) mass is 227 g/mol. The van der Waals surface area contributed by atoms with E-state index in [1.165, 1.54) is 5.56 Å². The van der Waals surface area contributed by atoms with Gasteiger partial charge < -0.3 is 0 Å². The van der Waals surface area contributed by atoms with Crippen molar-refractivity contribution in [1.29, 1.82) is 0 Å². The molecule has 0 bridgehead atoms. The maximum absolute atomic E-state index is 11.0. The molecule has 1 rings (SSSR count). The highest BCUT2D eigenvalue weighted by molar-refractivity contribution is 7.92. The number of nitrogens with one attached hydrogen (secondary N) is 1. The Morgan fingerprint density at radius 3 is 2.20 bits per heavy atom. The molecule has 0 aliphatic heterocycles. The molecule has 0 saturated heterocycles. The van der Waals surface area contributed by atoms with Gasteiger partial charge in [-0.1, -0.05) is 26.0 Å². The van der Waals surface area contributed by atoms with Crippen LogP contribution in [0.4, 0.5) is 5.69 Å². The minimum Gasteiger partial charge on any atom is -0.284 e. The minimum atomic E-state index is -3.17. The first-order chi connectivity index (χ1) is 6.92.